The molecule has 1 aromatic rings. The SMILES string of the molecule is COCCNc1ccccc1N(C)C. The van der Waals surface area contributed by atoms with Crippen molar-refractivity contribution >= 4 is 11.4 Å². The first-order valence-electron chi connectivity index (χ1n) is 4.75. The van der Waals surface area contributed by atoms with Crippen molar-refractivity contribution in [1.82, 2.24) is 0 Å². The quantitative estimate of drug-likeness (QED) is 0.723. The molecule has 0 saturated heterocycles. The molecule has 0 radical (unpaired) electrons. The second-order valence-corrected chi connectivity index (χ2v) is 3.33. The summed E-state index contributed by atoms with van der Waals surface area (Å²) in [4.78, 5) is 2.09. The van der Waals surface area contributed by atoms with Crippen molar-refractivity contribution in [2.45, 2.75) is 0 Å². The van der Waals surface area contributed by atoms with Gasteiger partial charge in [-0.2, -0.15) is 0 Å². The van der Waals surface area contributed by atoms with Gasteiger partial charge in [-0.1, -0.05) is 12.1 Å². The molecule has 0 aliphatic heterocycles. The van der Waals surface area contributed by atoms with Gasteiger partial charge in [0.25, 0.3) is 0 Å². The van der Waals surface area contributed by atoms with Gasteiger partial charge in [0, 0.05) is 27.7 Å². The Morgan fingerprint density at radius 2 is 2.00 bits per heavy atom. The lowest BCUT2D eigenvalue weighted by Crippen LogP contribution is -2.14. The maximum Gasteiger partial charge on any atom is 0.0635 e. The van der Waals surface area contributed by atoms with Crippen LogP contribution in [-0.2, 0) is 4.74 Å². The third-order valence-corrected chi connectivity index (χ3v) is 2.01. The summed E-state index contributed by atoms with van der Waals surface area (Å²) in [6.45, 7) is 1.56. The van der Waals surface area contributed by atoms with E-state index in [1.54, 1.807) is 7.11 Å². The molecular weight excluding hydrogens is 176 g/mol. The molecule has 1 aromatic carbocycles. The van der Waals surface area contributed by atoms with Gasteiger partial charge in [0.1, 0.15) is 0 Å². The van der Waals surface area contributed by atoms with Gasteiger partial charge in [0.05, 0.1) is 18.0 Å². The van der Waals surface area contributed by atoms with Crippen LogP contribution in [0.5, 0.6) is 0 Å². The number of rotatable bonds is 5. The Morgan fingerprint density at radius 3 is 2.64 bits per heavy atom. The van der Waals surface area contributed by atoms with Crippen LogP contribution >= 0.6 is 0 Å². The topological polar surface area (TPSA) is 24.5 Å². The van der Waals surface area contributed by atoms with Gasteiger partial charge in [-0.15, -0.1) is 0 Å². The average Bonchev–Trinajstić information content (AvgIpc) is 2.19. The molecule has 78 valence electrons. The Hall–Kier alpha value is -1.22. The van der Waals surface area contributed by atoms with E-state index in [-0.39, 0.29) is 0 Å². The molecule has 3 heteroatoms. The summed E-state index contributed by atoms with van der Waals surface area (Å²) < 4.78 is 4.99. The van der Waals surface area contributed by atoms with E-state index in [1.165, 1.54) is 5.69 Å². The predicted octanol–water partition coefficient (Wildman–Crippen LogP) is 1.81. The lowest BCUT2D eigenvalue weighted by atomic mass is 10.2. The maximum absolute atomic E-state index is 4.99. The molecule has 0 saturated carbocycles. The van der Waals surface area contributed by atoms with E-state index in [0.717, 1.165) is 18.8 Å². The van der Waals surface area contributed by atoms with Crippen molar-refractivity contribution in [3.63, 3.8) is 0 Å². The first-order valence-corrected chi connectivity index (χ1v) is 4.75. The minimum absolute atomic E-state index is 0.724. The molecular formula is C11H18N2O. The van der Waals surface area contributed by atoms with Crippen molar-refractivity contribution in [3.8, 4) is 0 Å². The summed E-state index contributed by atoms with van der Waals surface area (Å²) in [5.41, 5.74) is 2.35. The fourth-order valence-corrected chi connectivity index (χ4v) is 1.30. The molecule has 0 unspecified atom stereocenters. The second kappa shape index (κ2) is 5.50. The molecule has 0 amide bonds. The van der Waals surface area contributed by atoms with Gasteiger partial charge in [0.2, 0.25) is 0 Å². The van der Waals surface area contributed by atoms with Crippen molar-refractivity contribution in [1.29, 1.82) is 0 Å². The normalized spacial score (nSPS) is 9.93. The fraction of sp³-hybridized carbons (Fsp3) is 0.455. The lowest BCUT2D eigenvalue weighted by Gasteiger charge is -2.18. The number of nitrogens with one attached hydrogen (secondary N) is 1. The van der Waals surface area contributed by atoms with Crippen molar-refractivity contribution in [3.05, 3.63) is 24.3 Å². The summed E-state index contributed by atoms with van der Waals surface area (Å²) >= 11 is 0. The van der Waals surface area contributed by atoms with Crippen molar-refractivity contribution in [2.75, 3.05) is 44.6 Å². The average molecular weight is 194 g/mol. The number of benzene rings is 1. The van der Waals surface area contributed by atoms with Gasteiger partial charge >= 0.3 is 0 Å². The van der Waals surface area contributed by atoms with Crippen LogP contribution in [0.15, 0.2) is 24.3 Å². The molecule has 0 spiro atoms. The van der Waals surface area contributed by atoms with Crippen LogP contribution in [0, 0.1) is 0 Å². The van der Waals surface area contributed by atoms with Gasteiger partial charge in [0.15, 0.2) is 0 Å². The highest BCUT2D eigenvalue weighted by atomic mass is 16.5. The number of hydrogen-bond acceptors (Lipinski definition) is 3. The molecule has 1 rings (SSSR count). The smallest absolute Gasteiger partial charge is 0.0635 e. The van der Waals surface area contributed by atoms with E-state index >= 15 is 0 Å². The van der Waals surface area contributed by atoms with E-state index in [4.69, 9.17) is 4.74 Å². The monoisotopic (exact) mass is 194 g/mol. The lowest BCUT2D eigenvalue weighted by molar-refractivity contribution is 0.211. The number of hydrogen-bond donors (Lipinski definition) is 1. The molecule has 0 aliphatic rings. The Morgan fingerprint density at radius 1 is 1.29 bits per heavy atom. The van der Waals surface area contributed by atoms with Crippen LogP contribution in [0.2, 0.25) is 0 Å². The minimum Gasteiger partial charge on any atom is -0.383 e. The molecule has 0 aromatic heterocycles. The van der Waals surface area contributed by atoms with Gasteiger partial charge < -0.3 is 15.0 Å². The highest BCUT2D eigenvalue weighted by Gasteiger charge is 2.01. The van der Waals surface area contributed by atoms with E-state index in [9.17, 15) is 0 Å². The van der Waals surface area contributed by atoms with E-state index in [1.807, 2.05) is 26.2 Å². The zero-order valence-electron chi connectivity index (χ0n) is 9.08. The number of nitrogens with zero attached hydrogens (tertiary/aromatic N) is 1. The van der Waals surface area contributed by atoms with Gasteiger partial charge in [-0.25, -0.2) is 0 Å². The molecule has 0 bridgehead atoms. The summed E-state index contributed by atoms with van der Waals surface area (Å²) in [5, 5.41) is 3.33. The van der Waals surface area contributed by atoms with E-state index < -0.39 is 0 Å². The number of para-hydroxylation sites is 2. The predicted molar refractivity (Wildman–Crippen MR) is 61.1 cm³/mol. The summed E-state index contributed by atoms with van der Waals surface area (Å²) in [6.07, 6.45) is 0. The molecule has 14 heavy (non-hydrogen) atoms. The summed E-state index contributed by atoms with van der Waals surface area (Å²) in [5.74, 6) is 0. The standard InChI is InChI=1S/C11H18N2O/c1-13(2)11-7-5-4-6-10(11)12-8-9-14-3/h4-7,12H,8-9H2,1-3H3. The van der Waals surface area contributed by atoms with Crippen molar-refractivity contribution < 1.29 is 4.74 Å². The first kappa shape index (κ1) is 10.9. The Kier molecular flexibility index (Phi) is 4.26. The highest BCUT2D eigenvalue weighted by Crippen LogP contribution is 2.22. The number of anilines is 2. The number of ether oxygens (including phenoxy) is 1. The zero-order valence-corrected chi connectivity index (χ0v) is 9.08. The van der Waals surface area contributed by atoms with Crippen LogP contribution in [0.4, 0.5) is 11.4 Å². The maximum atomic E-state index is 4.99. The van der Waals surface area contributed by atoms with Crippen LogP contribution in [0.3, 0.4) is 0 Å². The van der Waals surface area contributed by atoms with E-state index in [2.05, 4.69) is 22.3 Å². The fourth-order valence-electron chi connectivity index (χ4n) is 1.30. The molecule has 0 aliphatic carbocycles. The zero-order chi connectivity index (χ0) is 10.4. The largest absolute Gasteiger partial charge is 0.383 e. The summed E-state index contributed by atoms with van der Waals surface area (Å²) in [7, 11) is 5.78. The minimum atomic E-state index is 0.724. The first-order chi connectivity index (χ1) is 6.75. The molecule has 3 nitrogen and oxygen atoms in total. The Balaban J connectivity index is 2.64. The number of methoxy groups -OCH3 is 1. The van der Waals surface area contributed by atoms with Crippen LogP contribution in [-0.4, -0.2) is 34.4 Å². The van der Waals surface area contributed by atoms with E-state index in [0.29, 0.717) is 0 Å². The van der Waals surface area contributed by atoms with Crippen LogP contribution in [0.25, 0.3) is 0 Å². The van der Waals surface area contributed by atoms with Crippen molar-refractivity contribution in [2.24, 2.45) is 0 Å². The van der Waals surface area contributed by atoms with Gasteiger partial charge in [-0.05, 0) is 12.1 Å². The molecule has 1 N–H and O–H groups in total. The van der Waals surface area contributed by atoms with Crippen LogP contribution in [0.1, 0.15) is 0 Å². The molecule has 0 atom stereocenters. The Labute approximate surface area is 85.7 Å². The van der Waals surface area contributed by atoms with Crippen LogP contribution < -0.4 is 10.2 Å². The molecule has 0 fully saturated rings. The van der Waals surface area contributed by atoms with Gasteiger partial charge in [-0.3, -0.25) is 0 Å². The summed E-state index contributed by atoms with van der Waals surface area (Å²) in [6, 6.07) is 8.24. The Bertz CT molecular complexity index is 274. The second-order valence-electron chi connectivity index (χ2n) is 3.33. The third-order valence-electron chi connectivity index (χ3n) is 2.01. The highest BCUT2D eigenvalue weighted by molar-refractivity contribution is 5.69. The molecule has 0 heterocycles. The third kappa shape index (κ3) is 2.92.